The van der Waals surface area contributed by atoms with Gasteiger partial charge in [-0.25, -0.2) is 4.98 Å². The summed E-state index contributed by atoms with van der Waals surface area (Å²) in [5.74, 6) is -0.369. The topological polar surface area (TPSA) is 84.7 Å². The van der Waals surface area contributed by atoms with E-state index in [-0.39, 0.29) is 11.5 Å². The second kappa shape index (κ2) is 7.92. The van der Waals surface area contributed by atoms with Crippen molar-refractivity contribution in [2.45, 2.75) is 0 Å². The summed E-state index contributed by atoms with van der Waals surface area (Å²) in [6.45, 7) is 3.86. The number of aromatic nitrogens is 2. The predicted octanol–water partition coefficient (Wildman–Crippen LogP) is 3.16. The molecule has 8 heteroatoms. The van der Waals surface area contributed by atoms with E-state index >= 15 is 0 Å². The molecule has 2 heterocycles. The molecule has 2 aromatic heterocycles. The van der Waals surface area contributed by atoms with Crippen LogP contribution in [0.25, 0.3) is 5.52 Å². The third kappa shape index (κ3) is 3.78. The number of imidazole rings is 1. The molecular weight excluding hydrogens is 368 g/mol. The lowest BCUT2D eigenvalue weighted by Gasteiger charge is -2.10. The van der Waals surface area contributed by atoms with Gasteiger partial charge in [-0.15, -0.1) is 6.58 Å². The lowest BCUT2D eigenvalue weighted by molar-refractivity contribution is 0.0955. The highest BCUT2D eigenvalue weighted by atomic mass is 35.5. The number of carbonyl (C=O) groups excluding carboxylic acids is 2. The van der Waals surface area contributed by atoms with Crippen LogP contribution >= 0.6 is 11.6 Å². The van der Waals surface area contributed by atoms with E-state index in [1.807, 2.05) is 0 Å². The summed E-state index contributed by atoms with van der Waals surface area (Å²) in [6, 6.07) is 10.1. The number of fused-ring (bicyclic) bond motifs is 1. The van der Waals surface area contributed by atoms with E-state index in [9.17, 15) is 9.59 Å². The van der Waals surface area contributed by atoms with E-state index < -0.39 is 11.8 Å². The van der Waals surface area contributed by atoms with Gasteiger partial charge in [0.1, 0.15) is 5.75 Å². The number of amides is 2. The highest BCUT2D eigenvalue weighted by molar-refractivity contribution is 6.31. The molecule has 0 fully saturated rings. The molecule has 0 aliphatic rings. The van der Waals surface area contributed by atoms with Gasteiger partial charge in [0.2, 0.25) is 5.82 Å². The molecule has 0 spiro atoms. The first-order chi connectivity index (χ1) is 13.0. The van der Waals surface area contributed by atoms with E-state index in [1.54, 1.807) is 53.1 Å². The number of methoxy groups -OCH3 is 1. The summed E-state index contributed by atoms with van der Waals surface area (Å²) < 4.78 is 6.79. The van der Waals surface area contributed by atoms with Crippen molar-refractivity contribution in [2.24, 2.45) is 0 Å². The van der Waals surface area contributed by atoms with Gasteiger partial charge in [0, 0.05) is 17.8 Å². The first kappa shape index (κ1) is 18.5. The van der Waals surface area contributed by atoms with Crippen LogP contribution in [0.2, 0.25) is 5.02 Å². The van der Waals surface area contributed by atoms with Crippen LogP contribution in [0, 0.1) is 0 Å². The van der Waals surface area contributed by atoms with Crippen molar-refractivity contribution in [3.05, 3.63) is 71.8 Å². The fourth-order valence-corrected chi connectivity index (χ4v) is 2.74. The minimum atomic E-state index is -0.500. The summed E-state index contributed by atoms with van der Waals surface area (Å²) in [5, 5.41) is 5.84. The normalized spacial score (nSPS) is 10.4. The molecule has 0 atom stereocenters. The summed E-state index contributed by atoms with van der Waals surface area (Å²) in [4.78, 5) is 29.4. The van der Waals surface area contributed by atoms with Gasteiger partial charge in [0.05, 0.1) is 18.3 Å². The molecule has 0 saturated heterocycles. The fourth-order valence-electron chi connectivity index (χ4n) is 2.57. The molecule has 0 unspecified atom stereocenters. The van der Waals surface area contributed by atoms with Crippen molar-refractivity contribution in [2.75, 3.05) is 19.0 Å². The van der Waals surface area contributed by atoms with E-state index in [0.29, 0.717) is 28.5 Å². The van der Waals surface area contributed by atoms with Gasteiger partial charge < -0.3 is 15.4 Å². The lowest BCUT2D eigenvalue weighted by atomic mass is 10.3. The largest absolute Gasteiger partial charge is 0.495 e. The standard InChI is InChI=1S/C19H17ClN4O3/c1-3-9-21-18(25)16-14-6-4-5-10-24(14)17(23-16)19(26)22-13-11-12(20)7-8-15(13)27-2/h3-8,10-11H,1,9H2,2H3,(H,21,25)(H,22,26). The second-order valence-corrected chi connectivity index (χ2v) is 5.97. The molecule has 1 aromatic carbocycles. The highest BCUT2D eigenvalue weighted by Gasteiger charge is 2.22. The third-order valence-electron chi connectivity index (χ3n) is 3.78. The Morgan fingerprint density at radius 3 is 2.85 bits per heavy atom. The van der Waals surface area contributed by atoms with Crippen LogP contribution in [0.4, 0.5) is 5.69 Å². The Hall–Kier alpha value is -3.32. The number of hydrogen-bond donors (Lipinski definition) is 2. The van der Waals surface area contributed by atoms with Gasteiger partial charge in [-0.3, -0.25) is 14.0 Å². The van der Waals surface area contributed by atoms with Crippen molar-refractivity contribution in [3.63, 3.8) is 0 Å². The van der Waals surface area contributed by atoms with Crippen molar-refractivity contribution < 1.29 is 14.3 Å². The average Bonchev–Trinajstić information content (AvgIpc) is 3.06. The Balaban J connectivity index is 1.99. The number of pyridine rings is 1. The van der Waals surface area contributed by atoms with Gasteiger partial charge >= 0.3 is 0 Å². The molecule has 138 valence electrons. The van der Waals surface area contributed by atoms with E-state index in [1.165, 1.54) is 7.11 Å². The summed E-state index contributed by atoms with van der Waals surface area (Å²) in [6.07, 6.45) is 3.23. The second-order valence-electron chi connectivity index (χ2n) is 5.54. The van der Waals surface area contributed by atoms with Crippen LogP contribution in [-0.4, -0.2) is 34.9 Å². The zero-order chi connectivity index (χ0) is 19.4. The summed E-state index contributed by atoms with van der Waals surface area (Å²) in [7, 11) is 1.49. The minimum Gasteiger partial charge on any atom is -0.495 e. The predicted molar refractivity (Wildman–Crippen MR) is 104 cm³/mol. The Kier molecular flexibility index (Phi) is 5.42. The number of anilines is 1. The Labute approximate surface area is 160 Å². The van der Waals surface area contributed by atoms with Gasteiger partial charge in [0.15, 0.2) is 5.69 Å². The molecular formula is C19H17ClN4O3. The number of carbonyl (C=O) groups is 2. The molecule has 2 amide bonds. The van der Waals surface area contributed by atoms with Crippen LogP contribution in [0.3, 0.4) is 0 Å². The summed E-state index contributed by atoms with van der Waals surface area (Å²) in [5.41, 5.74) is 1.07. The maximum absolute atomic E-state index is 12.8. The Morgan fingerprint density at radius 1 is 1.30 bits per heavy atom. The Bertz CT molecular complexity index is 1030. The number of ether oxygens (including phenoxy) is 1. The first-order valence-corrected chi connectivity index (χ1v) is 8.44. The van der Waals surface area contributed by atoms with Crippen LogP contribution in [0.5, 0.6) is 5.75 Å². The van der Waals surface area contributed by atoms with Gasteiger partial charge in [-0.05, 0) is 30.3 Å². The quantitative estimate of drug-likeness (QED) is 0.639. The number of halogens is 1. The van der Waals surface area contributed by atoms with Gasteiger partial charge in [0.25, 0.3) is 11.8 Å². The number of hydrogen-bond acceptors (Lipinski definition) is 4. The van der Waals surface area contributed by atoms with Crippen LogP contribution in [0.15, 0.2) is 55.3 Å². The molecule has 7 nitrogen and oxygen atoms in total. The van der Waals surface area contributed by atoms with Crippen LogP contribution in [-0.2, 0) is 0 Å². The summed E-state index contributed by atoms with van der Waals surface area (Å²) >= 11 is 6.00. The molecule has 2 N–H and O–H groups in total. The number of rotatable bonds is 6. The monoisotopic (exact) mass is 384 g/mol. The first-order valence-electron chi connectivity index (χ1n) is 8.06. The molecule has 0 saturated carbocycles. The average molecular weight is 385 g/mol. The SMILES string of the molecule is C=CCNC(=O)c1nc(C(=O)Nc2cc(Cl)ccc2OC)n2ccccc12. The maximum Gasteiger partial charge on any atom is 0.292 e. The van der Waals surface area contributed by atoms with Crippen LogP contribution in [0.1, 0.15) is 21.1 Å². The highest BCUT2D eigenvalue weighted by Crippen LogP contribution is 2.28. The number of nitrogens with one attached hydrogen (secondary N) is 2. The van der Waals surface area contributed by atoms with E-state index in [4.69, 9.17) is 16.3 Å². The third-order valence-corrected chi connectivity index (χ3v) is 4.02. The zero-order valence-electron chi connectivity index (χ0n) is 14.5. The lowest BCUT2D eigenvalue weighted by Crippen LogP contribution is -2.24. The van der Waals surface area contributed by atoms with Crippen molar-refractivity contribution in [3.8, 4) is 5.75 Å². The fraction of sp³-hybridized carbons (Fsp3) is 0.105. The van der Waals surface area contributed by atoms with E-state index in [0.717, 1.165) is 0 Å². The van der Waals surface area contributed by atoms with Crippen molar-refractivity contribution in [1.82, 2.24) is 14.7 Å². The number of benzene rings is 1. The molecule has 0 bridgehead atoms. The minimum absolute atomic E-state index is 0.0661. The molecule has 0 aliphatic heterocycles. The number of nitrogens with zero attached hydrogens (tertiary/aromatic N) is 2. The molecule has 0 radical (unpaired) electrons. The van der Waals surface area contributed by atoms with Crippen LogP contribution < -0.4 is 15.4 Å². The smallest absolute Gasteiger partial charge is 0.292 e. The Morgan fingerprint density at radius 2 is 2.11 bits per heavy atom. The van der Waals surface area contributed by atoms with Crippen molar-refractivity contribution in [1.29, 1.82) is 0 Å². The van der Waals surface area contributed by atoms with Gasteiger partial charge in [-0.1, -0.05) is 23.7 Å². The van der Waals surface area contributed by atoms with Gasteiger partial charge in [-0.2, -0.15) is 0 Å². The van der Waals surface area contributed by atoms with Crippen molar-refractivity contribution >= 4 is 34.6 Å². The maximum atomic E-state index is 12.8. The molecule has 27 heavy (non-hydrogen) atoms. The van der Waals surface area contributed by atoms with E-state index in [2.05, 4.69) is 22.2 Å². The zero-order valence-corrected chi connectivity index (χ0v) is 15.3. The molecule has 0 aliphatic carbocycles. The molecule has 3 aromatic rings. The molecule has 3 rings (SSSR count).